The zero-order chi connectivity index (χ0) is 12.4. The molecular weight excluding hydrogens is 210 g/mol. The van der Waals surface area contributed by atoms with Crippen LogP contribution in [0.3, 0.4) is 0 Å². The molecular formula is C11H19NO4. The zero-order valence-corrected chi connectivity index (χ0v) is 9.39. The molecule has 5 heteroatoms. The first kappa shape index (κ1) is 14.6. The number of carbonyl (C=O) groups is 2. The van der Waals surface area contributed by atoms with Gasteiger partial charge in [-0.1, -0.05) is 6.08 Å². The fourth-order valence-electron chi connectivity index (χ4n) is 1.30. The predicted molar refractivity (Wildman–Crippen MR) is 60.0 cm³/mol. The van der Waals surface area contributed by atoms with Crippen LogP contribution >= 0.6 is 0 Å². The summed E-state index contributed by atoms with van der Waals surface area (Å²) in [7, 11) is 0. The van der Waals surface area contributed by atoms with Gasteiger partial charge in [0, 0.05) is 25.9 Å². The summed E-state index contributed by atoms with van der Waals surface area (Å²) in [6.07, 6.45) is 3.08. The first-order valence-electron chi connectivity index (χ1n) is 5.33. The monoisotopic (exact) mass is 229 g/mol. The minimum atomic E-state index is -0.842. The number of unbranched alkanes of at least 4 members (excludes halogenated alkanes) is 1. The lowest BCUT2D eigenvalue weighted by Gasteiger charge is -2.19. The smallest absolute Gasteiger partial charge is 0.303 e. The van der Waals surface area contributed by atoms with E-state index < -0.39 is 5.97 Å². The maximum absolute atomic E-state index is 11.6. The molecule has 92 valence electrons. The Balaban J connectivity index is 3.81. The highest BCUT2D eigenvalue weighted by Gasteiger charge is 2.10. The molecule has 0 fully saturated rings. The number of carboxylic acid groups (broad SMARTS) is 1. The molecule has 1 amide bonds. The van der Waals surface area contributed by atoms with Gasteiger partial charge in [-0.15, -0.1) is 6.58 Å². The molecule has 0 aromatic carbocycles. The van der Waals surface area contributed by atoms with Crippen LogP contribution in [-0.4, -0.2) is 46.7 Å². The first-order valence-corrected chi connectivity index (χ1v) is 5.33. The Labute approximate surface area is 95.4 Å². The molecule has 0 spiro atoms. The second-order valence-electron chi connectivity index (χ2n) is 3.45. The zero-order valence-electron chi connectivity index (χ0n) is 9.39. The summed E-state index contributed by atoms with van der Waals surface area (Å²) in [6.45, 7) is 4.17. The molecule has 0 rings (SSSR count). The molecule has 0 aromatic rings. The van der Waals surface area contributed by atoms with Crippen LogP contribution in [0.2, 0.25) is 0 Å². The quantitative estimate of drug-likeness (QED) is 0.449. The third kappa shape index (κ3) is 7.00. The normalized spacial score (nSPS) is 9.81. The van der Waals surface area contributed by atoms with E-state index in [0.29, 0.717) is 32.4 Å². The van der Waals surface area contributed by atoms with Gasteiger partial charge in [0.05, 0.1) is 6.61 Å². The van der Waals surface area contributed by atoms with Gasteiger partial charge in [-0.2, -0.15) is 0 Å². The van der Waals surface area contributed by atoms with Gasteiger partial charge in [0.1, 0.15) is 0 Å². The molecule has 0 radical (unpaired) electrons. The Morgan fingerprint density at radius 3 is 2.38 bits per heavy atom. The Bertz CT molecular complexity index is 240. The van der Waals surface area contributed by atoms with E-state index in [1.165, 1.54) is 4.90 Å². The number of hydrogen-bond acceptors (Lipinski definition) is 3. The molecule has 0 aromatic heterocycles. The Morgan fingerprint density at radius 1 is 1.25 bits per heavy atom. The molecule has 5 nitrogen and oxygen atoms in total. The number of carbonyl (C=O) groups excluding carboxylic acids is 1. The third-order valence-corrected chi connectivity index (χ3v) is 2.10. The van der Waals surface area contributed by atoms with Crippen molar-refractivity contribution >= 4 is 11.9 Å². The summed E-state index contributed by atoms with van der Waals surface area (Å²) in [4.78, 5) is 23.3. The van der Waals surface area contributed by atoms with Crippen molar-refractivity contribution in [2.24, 2.45) is 0 Å². The van der Waals surface area contributed by atoms with Gasteiger partial charge < -0.3 is 15.1 Å². The number of amides is 1. The molecule has 0 saturated carbocycles. The van der Waals surface area contributed by atoms with Crippen LogP contribution < -0.4 is 0 Å². The fraction of sp³-hybridized carbons (Fsp3) is 0.636. The van der Waals surface area contributed by atoms with E-state index in [9.17, 15) is 9.59 Å². The van der Waals surface area contributed by atoms with Crippen LogP contribution in [0.1, 0.15) is 25.7 Å². The Kier molecular flexibility index (Phi) is 8.15. The summed E-state index contributed by atoms with van der Waals surface area (Å²) < 4.78 is 0. The predicted octanol–water partition coefficient (Wildman–Crippen LogP) is 0.638. The molecule has 16 heavy (non-hydrogen) atoms. The van der Waals surface area contributed by atoms with Crippen molar-refractivity contribution < 1.29 is 19.8 Å². The van der Waals surface area contributed by atoms with Gasteiger partial charge in [-0.25, -0.2) is 0 Å². The standard InChI is InChI=1S/C11H19NO4/c1-2-7-12(8-9-13)10(14)5-3-4-6-11(15)16/h2,13H,1,3-9H2,(H,15,16). The topological polar surface area (TPSA) is 77.8 Å². The highest BCUT2D eigenvalue weighted by Crippen LogP contribution is 2.03. The fourth-order valence-corrected chi connectivity index (χ4v) is 1.30. The SMILES string of the molecule is C=CCN(CCO)C(=O)CCCCC(=O)O. The maximum Gasteiger partial charge on any atom is 0.303 e. The molecule has 0 atom stereocenters. The number of aliphatic carboxylic acids is 1. The molecule has 0 aliphatic rings. The average molecular weight is 229 g/mol. The second-order valence-corrected chi connectivity index (χ2v) is 3.45. The third-order valence-electron chi connectivity index (χ3n) is 2.10. The van der Waals surface area contributed by atoms with Gasteiger partial charge in [0.15, 0.2) is 0 Å². The lowest BCUT2D eigenvalue weighted by atomic mass is 10.2. The lowest BCUT2D eigenvalue weighted by Crippen LogP contribution is -2.33. The van der Waals surface area contributed by atoms with E-state index in [0.717, 1.165) is 0 Å². The maximum atomic E-state index is 11.6. The molecule has 0 heterocycles. The van der Waals surface area contributed by atoms with Crippen molar-refractivity contribution in [2.45, 2.75) is 25.7 Å². The van der Waals surface area contributed by atoms with Crippen LogP contribution in [0, 0.1) is 0 Å². The number of carboxylic acids is 1. The van der Waals surface area contributed by atoms with E-state index in [1.807, 2.05) is 0 Å². The highest BCUT2D eigenvalue weighted by molar-refractivity contribution is 5.76. The summed E-state index contributed by atoms with van der Waals surface area (Å²) in [5.74, 6) is -0.912. The summed E-state index contributed by atoms with van der Waals surface area (Å²) in [5.41, 5.74) is 0. The van der Waals surface area contributed by atoms with E-state index in [-0.39, 0.29) is 18.9 Å². The molecule has 0 unspecified atom stereocenters. The minimum absolute atomic E-state index is 0.0701. The summed E-state index contributed by atoms with van der Waals surface area (Å²) in [5, 5.41) is 17.2. The van der Waals surface area contributed by atoms with Crippen molar-refractivity contribution in [1.82, 2.24) is 4.90 Å². The number of aliphatic hydroxyl groups excluding tert-OH is 1. The van der Waals surface area contributed by atoms with Crippen molar-refractivity contribution in [3.05, 3.63) is 12.7 Å². The van der Waals surface area contributed by atoms with Crippen molar-refractivity contribution in [3.8, 4) is 0 Å². The van der Waals surface area contributed by atoms with E-state index >= 15 is 0 Å². The van der Waals surface area contributed by atoms with Crippen LogP contribution in [0.15, 0.2) is 12.7 Å². The van der Waals surface area contributed by atoms with Gasteiger partial charge in [-0.3, -0.25) is 9.59 Å². The Morgan fingerprint density at radius 2 is 1.88 bits per heavy atom. The van der Waals surface area contributed by atoms with E-state index in [2.05, 4.69) is 6.58 Å². The lowest BCUT2D eigenvalue weighted by molar-refractivity contribution is -0.137. The molecule has 0 bridgehead atoms. The van der Waals surface area contributed by atoms with Crippen LogP contribution in [-0.2, 0) is 9.59 Å². The van der Waals surface area contributed by atoms with Gasteiger partial charge >= 0.3 is 5.97 Å². The molecule has 0 aliphatic heterocycles. The molecule has 0 saturated heterocycles. The molecule has 2 N–H and O–H groups in total. The minimum Gasteiger partial charge on any atom is -0.481 e. The van der Waals surface area contributed by atoms with Gasteiger partial charge in [0.2, 0.25) is 5.91 Å². The van der Waals surface area contributed by atoms with E-state index in [1.54, 1.807) is 6.08 Å². The number of rotatable bonds is 9. The van der Waals surface area contributed by atoms with Crippen LogP contribution in [0.25, 0.3) is 0 Å². The van der Waals surface area contributed by atoms with Crippen molar-refractivity contribution in [2.75, 3.05) is 19.7 Å². The van der Waals surface area contributed by atoms with E-state index in [4.69, 9.17) is 10.2 Å². The molecule has 0 aliphatic carbocycles. The first-order chi connectivity index (χ1) is 7.61. The van der Waals surface area contributed by atoms with Crippen molar-refractivity contribution in [3.63, 3.8) is 0 Å². The number of nitrogens with zero attached hydrogens (tertiary/aromatic N) is 1. The number of aliphatic hydroxyl groups is 1. The number of hydrogen-bond donors (Lipinski definition) is 2. The largest absolute Gasteiger partial charge is 0.481 e. The average Bonchev–Trinajstić information content (AvgIpc) is 2.23. The van der Waals surface area contributed by atoms with Gasteiger partial charge in [-0.05, 0) is 12.8 Å². The summed E-state index contributed by atoms with van der Waals surface area (Å²) in [6, 6.07) is 0. The van der Waals surface area contributed by atoms with Crippen LogP contribution in [0.4, 0.5) is 0 Å². The summed E-state index contributed by atoms with van der Waals surface area (Å²) >= 11 is 0. The van der Waals surface area contributed by atoms with Crippen LogP contribution in [0.5, 0.6) is 0 Å². The second kappa shape index (κ2) is 8.91. The van der Waals surface area contributed by atoms with Gasteiger partial charge in [0.25, 0.3) is 0 Å². The van der Waals surface area contributed by atoms with Crippen molar-refractivity contribution in [1.29, 1.82) is 0 Å². The highest BCUT2D eigenvalue weighted by atomic mass is 16.4. The Hall–Kier alpha value is -1.36.